The van der Waals surface area contributed by atoms with Crippen LogP contribution in [0.3, 0.4) is 0 Å². The number of sulfonamides is 1. The second-order valence-electron chi connectivity index (χ2n) is 7.29. The molecule has 0 spiro atoms. The van der Waals surface area contributed by atoms with Gasteiger partial charge in [0.05, 0.1) is 15.6 Å². The third-order valence-electron chi connectivity index (χ3n) is 5.17. The first-order valence-electron chi connectivity index (χ1n) is 9.52. The third-order valence-corrected chi connectivity index (χ3v) is 7.64. The number of hydrogen-bond donors (Lipinski definition) is 2. The van der Waals surface area contributed by atoms with E-state index in [2.05, 4.69) is 39.3 Å². The summed E-state index contributed by atoms with van der Waals surface area (Å²) in [7, 11) is -3.71. The van der Waals surface area contributed by atoms with Crippen LogP contribution in [0.4, 0.5) is 10.8 Å². The maximum absolute atomic E-state index is 12.5. The molecule has 2 aromatic carbocycles. The van der Waals surface area contributed by atoms with Gasteiger partial charge < -0.3 is 5.32 Å². The second-order valence-corrected chi connectivity index (χ2v) is 10.3. The molecule has 8 heteroatoms. The van der Waals surface area contributed by atoms with E-state index < -0.39 is 10.0 Å². The largest absolute Gasteiger partial charge is 0.381 e. The summed E-state index contributed by atoms with van der Waals surface area (Å²) in [5.41, 5.74) is 2.14. The average Bonchev–Trinajstić information content (AvgIpc) is 3.36. The molecule has 0 amide bonds. The van der Waals surface area contributed by atoms with Crippen molar-refractivity contribution in [2.24, 2.45) is 5.92 Å². The highest BCUT2D eigenvalue weighted by atomic mass is 35.5. The lowest BCUT2D eigenvalue weighted by atomic mass is 9.98. The highest BCUT2D eigenvalue weighted by Crippen LogP contribution is 2.33. The summed E-state index contributed by atoms with van der Waals surface area (Å²) in [6, 6.07) is 15.7. The predicted molar refractivity (Wildman–Crippen MR) is 119 cm³/mol. The van der Waals surface area contributed by atoms with Crippen LogP contribution in [0.15, 0.2) is 65.0 Å². The molecule has 1 aromatic heterocycles. The van der Waals surface area contributed by atoms with Crippen molar-refractivity contribution in [1.82, 2.24) is 4.98 Å². The molecule has 1 aliphatic carbocycles. The summed E-state index contributed by atoms with van der Waals surface area (Å²) in [6.45, 7) is 0. The Morgan fingerprint density at radius 1 is 1.14 bits per heavy atom. The van der Waals surface area contributed by atoms with Gasteiger partial charge >= 0.3 is 0 Å². The molecule has 1 heterocycles. The molecule has 0 aliphatic heterocycles. The van der Waals surface area contributed by atoms with Gasteiger partial charge in [-0.15, -0.1) is 11.3 Å². The van der Waals surface area contributed by atoms with Crippen molar-refractivity contribution in [1.29, 1.82) is 0 Å². The van der Waals surface area contributed by atoms with Crippen LogP contribution >= 0.6 is 22.9 Å². The fourth-order valence-corrected chi connectivity index (χ4v) is 5.90. The van der Waals surface area contributed by atoms with E-state index in [1.165, 1.54) is 29.4 Å². The Hall–Kier alpha value is -2.09. The van der Waals surface area contributed by atoms with Crippen molar-refractivity contribution in [3.63, 3.8) is 0 Å². The zero-order valence-electron chi connectivity index (χ0n) is 15.7. The number of anilines is 2. The molecule has 29 heavy (non-hydrogen) atoms. The minimum absolute atomic E-state index is 0.122. The molecular weight excluding hydrogens is 426 g/mol. The minimum Gasteiger partial charge on any atom is -0.381 e. The van der Waals surface area contributed by atoms with Crippen molar-refractivity contribution < 1.29 is 8.42 Å². The van der Waals surface area contributed by atoms with E-state index in [1.54, 1.807) is 23.7 Å². The SMILES string of the molecule is O=S(=O)(Nc1nccs1)c1ccc(N[C@@H]2CCC(Cc3ccccc3)C2)c(Cl)c1. The smallest absolute Gasteiger partial charge is 0.263 e. The monoisotopic (exact) mass is 447 g/mol. The van der Waals surface area contributed by atoms with E-state index in [0.717, 1.165) is 24.9 Å². The molecule has 1 unspecified atom stereocenters. The Bertz CT molecular complexity index is 1060. The summed E-state index contributed by atoms with van der Waals surface area (Å²) in [6.07, 6.45) is 5.98. The Kier molecular flexibility index (Phi) is 6.08. The fraction of sp³-hybridized carbons (Fsp3) is 0.286. The van der Waals surface area contributed by atoms with Crippen molar-refractivity contribution in [3.05, 3.63) is 70.7 Å². The van der Waals surface area contributed by atoms with Gasteiger partial charge in [-0.2, -0.15) is 0 Å². The summed E-state index contributed by atoms with van der Waals surface area (Å²) < 4.78 is 27.5. The molecular formula is C21H22ClN3O2S2. The number of aromatic nitrogens is 1. The number of hydrogen-bond acceptors (Lipinski definition) is 5. The highest BCUT2D eigenvalue weighted by Gasteiger charge is 2.25. The van der Waals surface area contributed by atoms with Crippen LogP contribution < -0.4 is 10.0 Å². The maximum atomic E-state index is 12.5. The minimum atomic E-state index is -3.71. The molecule has 0 saturated heterocycles. The molecule has 5 nitrogen and oxygen atoms in total. The molecule has 1 saturated carbocycles. The molecule has 3 aromatic rings. The van der Waals surface area contributed by atoms with Crippen molar-refractivity contribution in [3.8, 4) is 0 Å². The van der Waals surface area contributed by atoms with E-state index in [-0.39, 0.29) is 4.90 Å². The van der Waals surface area contributed by atoms with Crippen molar-refractivity contribution in [2.75, 3.05) is 10.0 Å². The third kappa shape index (κ3) is 5.10. The molecule has 2 atom stereocenters. The Morgan fingerprint density at radius 2 is 1.97 bits per heavy atom. The van der Waals surface area contributed by atoms with E-state index in [0.29, 0.717) is 22.1 Å². The Balaban J connectivity index is 1.39. The Labute approximate surface area is 180 Å². The number of halogens is 1. The maximum Gasteiger partial charge on any atom is 0.263 e. The van der Waals surface area contributed by atoms with E-state index in [1.807, 2.05) is 6.07 Å². The van der Waals surface area contributed by atoms with E-state index in [4.69, 9.17) is 11.6 Å². The first-order valence-corrected chi connectivity index (χ1v) is 12.3. The van der Waals surface area contributed by atoms with Crippen molar-refractivity contribution in [2.45, 2.75) is 36.6 Å². The molecule has 4 rings (SSSR count). The average molecular weight is 448 g/mol. The lowest BCUT2D eigenvalue weighted by molar-refractivity contribution is 0.540. The summed E-state index contributed by atoms with van der Waals surface area (Å²) in [5, 5.41) is 5.94. The van der Waals surface area contributed by atoms with Crippen LogP contribution in [0, 0.1) is 5.92 Å². The summed E-state index contributed by atoms with van der Waals surface area (Å²) in [5.74, 6) is 0.649. The molecule has 1 fully saturated rings. The van der Waals surface area contributed by atoms with Gasteiger partial charge in [0, 0.05) is 17.6 Å². The molecule has 2 N–H and O–H groups in total. The lowest BCUT2D eigenvalue weighted by Crippen LogP contribution is -2.17. The van der Waals surface area contributed by atoms with Gasteiger partial charge in [-0.05, 0) is 55.4 Å². The standard InChI is InChI=1S/C21H22ClN3O2S2/c22-19-14-18(29(26,27)25-21-23-10-11-28-21)8-9-20(19)24-17-7-6-16(13-17)12-15-4-2-1-3-5-15/h1-5,8-11,14,16-17,24H,6-7,12-13H2,(H,23,25)/t16?,17-/m1/s1. The summed E-state index contributed by atoms with van der Waals surface area (Å²) in [4.78, 5) is 4.08. The van der Waals surface area contributed by atoms with Gasteiger partial charge in [0.15, 0.2) is 5.13 Å². The van der Waals surface area contributed by atoms with Gasteiger partial charge in [-0.25, -0.2) is 13.4 Å². The van der Waals surface area contributed by atoms with Crippen LogP contribution in [-0.4, -0.2) is 19.4 Å². The zero-order chi connectivity index (χ0) is 20.3. The van der Waals surface area contributed by atoms with Crippen LogP contribution in [0.5, 0.6) is 0 Å². The number of nitrogens with zero attached hydrogens (tertiary/aromatic N) is 1. The second kappa shape index (κ2) is 8.73. The van der Waals surface area contributed by atoms with E-state index in [9.17, 15) is 8.42 Å². The van der Waals surface area contributed by atoms with Crippen LogP contribution in [0.1, 0.15) is 24.8 Å². The zero-order valence-corrected chi connectivity index (χ0v) is 18.1. The molecule has 0 bridgehead atoms. The van der Waals surface area contributed by atoms with Gasteiger partial charge in [-0.1, -0.05) is 41.9 Å². The number of benzene rings is 2. The van der Waals surface area contributed by atoms with Gasteiger partial charge in [-0.3, -0.25) is 4.72 Å². The van der Waals surface area contributed by atoms with Gasteiger partial charge in [0.2, 0.25) is 0 Å². The lowest BCUT2D eigenvalue weighted by Gasteiger charge is -2.17. The fourth-order valence-electron chi connectivity index (χ4n) is 3.79. The number of nitrogens with one attached hydrogen (secondary N) is 2. The number of thiazole rings is 1. The molecule has 0 radical (unpaired) electrons. The Morgan fingerprint density at radius 3 is 2.69 bits per heavy atom. The predicted octanol–water partition coefficient (Wildman–Crippen LogP) is 5.42. The van der Waals surface area contributed by atoms with Crippen LogP contribution in [0.2, 0.25) is 5.02 Å². The van der Waals surface area contributed by atoms with Crippen LogP contribution in [0.25, 0.3) is 0 Å². The van der Waals surface area contributed by atoms with E-state index >= 15 is 0 Å². The van der Waals surface area contributed by atoms with Crippen LogP contribution in [-0.2, 0) is 16.4 Å². The molecule has 152 valence electrons. The normalized spacial score (nSPS) is 19.2. The number of rotatable bonds is 7. The van der Waals surface area contributed by atoms with Gasteiger partial charge in [0.1, 0.15) is 0 Å². The highest BCUT2D eigenvalue weighted by molar-refractivity contribution is 7.93. The first-order chi connectivity index (χ1) is 14.0. The first kappa shape index (κ1) is 20.2. The van der Waals surface area contributed by atoms with Gasteiger partial charge in [0.25, 0.3) is 10.0 Å². The quantitative estimate of drug-likeness (QED) is 0.507. The van der Waals surface area contributed by atoms with Crippen molar-refractivity contribution >= 4 is 43.8 Å². The molecule has 1 aliphatic rings. The topological polar surface area (TPSA) is 71.1 Å². The summed E-state index contributed by atoms with van der Waals surface area (Å²) >= 11 is 7.62.